The highest BCUT2D eigenvalue weighted by Gasteiger charge is 2.11. The third-order valence-electron chi connectivity index (χ3n) is 1.41. The predicted octanol–water partition coefficient (Wildman–Crippen LogP) is -0.157. The SMILES string of the molecule is N#Cc1cc(B(O)O)ccc1I. The third kappa shape index (κ3) is 1.97. The van der Waals surface area contributed by atoms with Crippen LogP contribution in [0.4, 0.5) is 0 Å². The second-order valence-corrected chi connectivity index (χ2v) is 3.39. The van der Waals surface area contributed by atoms with Crippen LogP contribution in [0.15, 0.2) is 18.2 Å². The quantitative estimate of drug-likeness (QED) is 0.552. The maximum Gasteiger partial charge on any atom is 0.488 e. The first-order valence-electron chi connectivity index (χ1n) is 3.21. The fourth-order valence-corrected chi connectivity index (χ4v) is 1.25. The molecule has 5 heteroatoms. The van der Waals surface area contributed by atoms with Crippen molar-refractivity contribution in [3.05, 3.63) is 27.3 Å². The zero-order valence-electron chi connectivity index (χ0n) is 6.03. The topological polar surface area (TPSA) is 64.2 Å². The van der Waals surface area contributed by atoms with Gasteiger partial charge in [-0.1, -0.05) is 6.07 Å². The van der Waals surface area contributed by atoms with Gasteiger partial charge in [0.1, 0.15) is 6.07 Å². The molecule has 0 amide bonds. The molecule has 12 heavy (non-hydrogen) atoms. The monoisotopic (exact) mass is 273 g/mol. The molecule has 60 valence electrons. The predicted molar refractivity (Wildman–Crippen MR) is 53.7 cm³/mol. The summed E-state index contributed by atoms with van der Waals surface area (Å²) >= 11 is 2.01. The molecule has 3 nitrogen and oxygen atoms in total. The van der Waals surface area contributed by atoms with Crippen LogP contribution < -0.4 is 5.46 Å². The van der Waals surface area contributed by atoms with Crippen molar-refractivity contribution in [1.82, 2.24) is 0 Å². The Balaban J connectivity index is 3.16. The highest BCUT2D eigenvalue weighted by Crippen LogP contribution is 2.08. The fraction of sp³-hybridized carbons (Fsp3) is 0. The second-order valence-electron chi connectivity index (χ2n) is 2.22. The van der Waals surface area contributed by atoms with Crippen LogP contribution in [-0.4, -0.2) is 17.2 Å². The van der Waals surface area contributed by atoms with Crippen molar-refractivity contribution >= 4 is 35.2 Å². The Labute approximate surface area is 83.9 Å². The van der Waals surface area contributed by atoms with Crippen molar-refractivity contribution in [3.8, 4) is 6.07 Å². The van der Waals surface area contributed by atoms with E-state index in [2.05, 4.69) is 0 Å². The lowest BCUT2D eigenvalue weighted by molar-refractivity contribution is 0.426. The Morgan fingerprint density at radius 3 is 2.58 bits per heavy atom. The lowest BCUT2D eigenvalue weighted by Gasteiger charge is -2.00. The van der Waals surface area contributed by atoms with Crippen LogP contribution in [0.1, 0.15) is 5.56 Å². The summed E-state index contributed by atoms with van der Waals surface area (Å²) < 4.78 is 0.805. The molecule has 1 aromatic rings. The van der Waals surface area contributed by atoms with Crippen molar-refractivity contribution in [1.29, 1.82) is 5.26 Å². The first-order valence-corrected chi connectivity index (χ1v) is 4.28. The Kier molecular flexibility index (Phi) is 3.09. The number of halogens is 1. The molecule has 2 N–H and O–H groups in total. The van der Waals surface area contributed by atoms with E-state index in [0.717, 1.165) is 3.57 Å². The van der Waals surface area contributed by atoms with Gasteiger partial charge in [-0.05, 0) is 40.2 Å². The number of hydrogen-bond donors (Lipinski definition) is 2. The zero-order valence-corrected chi connectivity index (χ0v) is 8.19. The summed E-state index contributed by atoms with van der Waals surface area (Å²) in [5, 5.41) is 26.2. The van der Waals surface area contributed by atoms with Gasteiger partial charge in [0, 0.05) is 3.57 Å². The average molecular weight is 273 g/mol. The van der Waals surface area contributed by atoms with Crippen molar-refractivity contribution in [2.45, 2.75) is 0 Å². The van der Waals surface area contributed by atoms with Crippen LogP contribution in [0.3, 0.4) is 0 Å². The summed E-state index contributed by atoms with van der Waals surface area (Å²) in [6.45, 7) is 0. The van der Waals surface area contributed by atoms with E-state index in [1.165, 1.54) is 6.07 Å². The molecular weight excluding hydrogens is 268 g/mol. The van der Waals surface area contributed by atoms with Crippen molar-refractivity contribution in [2.24, 2.45) is 0 Å². The first-order chi connectivity index (χ1) is 5.65. The molecule has 0 aliphatic heterocycles. The largest absolute Gasteiger partial charge is 0.488 e. The van der Waals surface area contributed by atoms with Gasteiger partial charge in [0.25, 0.3) is 0 Å². The third-order valence-corrected chi connectivity index (χ3v) is 2.35. The van der Waals surface area contributed by atoms with Crippen LogP contribution in [0.2, 0.25) is 0 Å². The molecule has 0 aliphatic rings. The van der Waals surface area contributed by atoms with Gasteiger partial charge in [0.05, 0.1) is 5.56 Å². The number of hydrogen-bond acceptors (Lipinski definition) is 3. The van der Waals surface area contributed by atoms with Gasteiger partial charge in [0.15, 0.2) is 0 Å². The van der Waals surface area contributed by atoms with E-state index in [0.29, 0.717) is 11.0 Å². The van der Waals surface area contributed by atoms with E-state index >= 15 is 0 Å². The molecule has 0 unspecified atom stereocenters. The molecular formula is C7H5BINO2. The molecule has 0 fully saturated rings. The van der Waals surface area contributed by atoms with E-state index < -0.39 is 7.12 Å². The van der Waals surface area contributed by atoms with E-state index in [9.17, 15) is 0 Å². The summed E-state index contributed by atoms with van der Waals surface area (Å²) in [7, 11) is -1.51. The van der Waals surface area contributed by atoms with Gasteiger partial charge < -0.3 is 10.0 Å². The van der Waals surface area contributed by atoms with E-state index in [-0.39, 0.29) is 0 Å². The normalized spacial score (nSPS) is 9.17. The van der Waals surface area contributed by atoms with Gasteiger partial charge in [-0.25, -0.2) is 0 Å². The second kappa shape index (κ2) is 3.89. The summed E-state index contributed by atoms with van der Waals surface area (Å²) in [5.41, 5.74) is 0.799. The van der Waals surface area contributed by atoms with Gasteiger partial charge >= 0.3 is 7.12 Å². The molecule has 0 aromatic heterocycles. The maximum atomic E-state index is 8.78. The number of nitriles is 1. The zero-order chi connectivity index (χ0) is 9.14. The fourth-order valence-electron chi connectivity index (χ4n) is 0.789. The van der Waals surface area contributed by atoms with Crippen molar-refractivity contribution < 1.29 is 10.0 Å². The maximum absolute atomic E-state index is 8.78. The molecule has 0 aliphatic carbocycles. The Hall–Kier alpha value is -0.575. The molecule has 1 aromatic carbocycles. The smallest absolute Gasteiger partial charge is 0.423 e. The van der Waals surface area contributed by atoms with Crippen molar-refractivity contribution in [2.75, 3.05) is 0 Å². The summed E-state index contributed by atoms with van der Waals surface area (Å²) in [5.74, 6) is 0. The highest BCUT2D eigenvalue weighted by molar-refractivity contribution is 14.1. The minimum absolute atomic E-state index is 0.340. The lowest BCUT2D eigenvalue weighted by Crippen LogP contribution is -2.29. The Bertz CT molecular complexity index is 335. The summed E-state index contributed by atoms with van der Waals surface area (Å²) in [6.07, 6.45) is 0. The molecule has 0 atom stereocenters. The van der Waals surface area contributed by atoms with E-state index in [1.54, 1.807) is 12.1 Å². The van der Waals surface area contributed by atoms with E-state index in [1.807, 2.05) is 28.7 Å². The first kappa shape index (κ1) is 9.51. The van der Waals surface area contributed by atoms with E-state index in [4.69, 9.17) is 15.3 Å². The molecule has 0 saturated carbocycles. The average Bonchev–Trinajstić information content (AvgIpc) is 2.05. The minimum Gasteiger partial charge on any atom is -0.423 e. The Morgan fingerprint density at radius 2 is 2.08 bits per heavy atom. The molecule has 0 bridgehead atoms. The van der Waals surface area contributed by atoms with Gasteiger partial charge in [-0.3, -0.25) is 0 Å². The lowest BCUT2D eigenvalue weighted by atomic mass is 9.80. The van der Waals surface area contributed by atoms with Crippen LogP contribution in [0.5, 0.6) is 0 Å². The number of rotatable bonds is 1. The summed E-state index contributed by atoms with van der Waals surface area (Å²) in [4.78, 5) is 0. The van der Waals surface area contributed by atoms with Crippen LogP contribution >= 0.6 is 22.6 Å². The van der Waals surface area contributed by atoms with Gasteiger partial charge in [0.2, 0.25) is 0 Å². The molecule has 0 saturated heterocycles. The number of benzene rings is 1. The molecule has 0 heterocycles. The van der Waals surface area contributed by atoms with Crippen LogP contribution in [0.25, 0.3) is 0 Å². The standard InChI is InChI=1S/C7H5BINO2/c9-7-2-1-6(8(11)12)3-5(7)4-10/h1-3,11-12H. The molecule has 1 rings (SSSR count). The summed E-state index contributed by atoms with van der Waals surface area (Å²) in [6, 6.07) is 6.68. The van der Waals surface area contributed by atoms with Crippen molar-refractivity contribution in [3.63, 3.8) is 0 Å². The number of nitrogens with zero attached hydrogens (tertiary/aromatic N) is 1. The molecule has 0 radical (unpaired) electrons. The van der Waals surface area contributed by atoms with Gasteiger partial charge in [-0.15, -0.1) is 0 Å². The highest BCUT2D eigenvalue weighted by atomic mass is 127. The van der Waals surface area contributed by atoms with Crippen LogP contribution in [-0.2, 0) is 0 Å². The minimum atomic E-state index is -1.51. The van der Waals surface area contributed by atoms with Crippen LogP contribution in [0, 0.1) is 14.9 Å². The Morgan fingerprint density at radius 1 is 1.42 bits per heavy atom. The molecule has 0 spiro atoms. The van der Waals surface area contributed by atoms with Gasteiger partial charge in [-0.2, -0.15) is 5.26 Å².